The predicted molar refractivity (Wildman–Crippen MR) is 75.0 cm³/mol. The molecule has 1 aliphatic rings. The van der Waals surface area contributed by atoms with Crippen LogP contribution in [-0.4, -0.2) is 24.1 Å². The summed E-state index contributed by atoms with van der Waals surface area (Å²) in [6.45, 7) is 4.47. The first-order valence-electron chi connectivity index (χ1n) is 6.55. The van der Waals surface area contributed by atoms with Gasteiger partial charge >= 0.3 is 5.97 Å². The first kappa shape index (κ1) is 13.6. The van der Waals surface area contributed by atoms with E-state index in [1.54, 1.807) is 12.3 Å². The third kappa shape index (κ3) is 2.64. The van der Waals surface area contributed by atoms with Crippen LogP contribution in [0.2, 0.25) is 0 Å². The van der Waals surface area contributed by atoms with Crippen molar-refractivity contribution in [2.75, 3.05) is 18.2 Å². The molecule has 1 unspecified atom stereocenters. The SMILES string of the molecule is COC(=O)c1ccnc(NC2CCCC2(C)C)c1N. The zero-order valence-corrected chi connectivity index (χ0v) is 11.7. The smallest absolute Gasteiger partial charge is 0.340 e. The second-order valence-corrected chi connectivity index (χ2v) is 5.69. The number of nitrogens with one attached hydrogen (secondary N) is 1. The number of pyridine rings is 1. The number of nitrogen functional groups attached to an aromatic ring is 1. The molecule has 19 heavy (non-hydrogen) atoms. The molecular formula is C14H21N3O2. The van der Waals surface area contributed by atoms with Gasteiger partial charge in [0.05, 0.1) is 18.4 Å². The molecule has 1 fully saturated rings. The number of nitrogens with two attached hydrogens (primary N) is 1. The Labute approximate surface area is 113 Å². The van der Waals surface area contributed by atoms with Gasteiger partial charge in [-0.15, -0.1) is 0 Å². The minimum absolute atomic E-state index is 0.218. The molecule has 1 atom stereocenters. The third-order valence-corrected chi connectivity index (χ3v) is 3.96. The summed E-state index contributed by atoms with van der Waals surface area (Å²) in [4.78, 5) is 15.8. The zero-order valence-electron chi connectivity index (χ0n) is 11.7. The number of esters is 1. The predicted octanol–water partition coefficient (Wildman–Crippen LogP) is 2.44. The standard InChI is InChI=1S/C14H21N3O2/c1-14(2)7-4-5-10(14)17-12-11(15)9(6-8-16-12)13(18)19-3/h6,8,10H,4-5,7,15H2,1-3H3,(H,16,17). The van der Waals surface area contributed by atoms with E-state index in [-0.39, 0.29) is 5.41 Å². The number of hydrogen-bond donors (Lipinski definition) is 2. The molecule has 1 aromatic heterocycles. The van der Waals surface area contributed by atoms with E-state index in [1.165, 1.54) is 20.0 Å². The lowest BCUT2D eigenvalue weighted by Crippen LogP contribution is -2.31. The normalized spacial score (nSPS) is 21.1. The van der Waals surface area contributed by atoms with E-state index in [1.807, 2.05) is 0 Å². The van der Waals surface area contributed by atoms with E-state index in [2.05, 4.69) is 24.1 Å². The molecule has 1 aliphatic carbocycles. The van der Waals surface area contributed by atoms with Crippen molar-refractivity contribution < 1.29 is 9.53 Å². The number of hydrogen-bond acceptors (Lipinski definition) is 5. The maximum Gasteiger partial charge on any atom is 0.340 e. The molecule has 1 saturated carbocycles. The van der Waals surface area contributed by atoms with Gasteiger partial charge in [0.2, 0.25) is 0 Å². The van der Waals surface area contributed by atoms with Crippen molar-refractivity contribution in [2.24, 2.45) is 5.41 Å². The van der Waals surface area contributed by atoms with E-state index < -0.39 is 5.97 Å². The molecule has 0 amide bonds. The summed E-state index contributed by atoms with van der Waals surface area (Å²) in [6, 6.07) is 1.90. The lowest BCUT2D eigenvalue weighted by molar-refractivity contribution is 0.0602. The second kappa shape index (κ2) is 5.07. The minimum atomic E-state index is -0.436. The number of aromatic nitrogens is 1. The Kier molecular flexibility index (Phi) is 3.64. The van der Waals surface area contributed by atoms with Gasteiger partial charge in [0.25, 0.3) is 0 Å². The zero-order chi connectivity index (χ0) is 14.0. The van der Waals surface area contributed by atoms with E-state index in [0.717, 1.165) is 6.42 Å². The van der Waals surface area contributed by atoms with Gasteiger partial charge in [-0.3, -0.25) is 0 Å². The van der Waals surface area contributed by atoms with Crippen molar-refractivity contribution in [2.45, 2.75) is 39.2 Å². The fourth-order valence-electron chi connectivity index (χ4n) is 2.64. The van der Waals surface area contributed by atoms with E-state index >= 15 is 0 Å². The first-order valence-corrected chi connectivity index (χ1v) is 6.55. The number of anilines is 2. The highest BCUT2D eigenvalue weighted by atomic mass is 16.5. The second-order valence-electron chi connectivity index (χ2n) is 5.69. The van der Waals surface area contributed by atoms with Gasteiger partial charge in [-0.25, -0.2) is 9.78 Å². The molecule has 3 N–H and O–H groups in total. The summed E-state index contributed by atoms with van der Waals surface area (Å²) in [5, 5.41) is 3.37. The summed E-state index contributed by atoms with van der Waals surface area (Å²) >= 11 is 0. The summed E-state index contributed by atoms with van der Waals surface area (Å²) in [6.07, 6.45) is 5.05. The number of carbonyl (C=O) groups excluding carboxylic acids is 1. The van der Waals surface area contributed by atoms with Gasteiger partial charge in [0, 0.05) is 12.2 Å². The molecule has 0 saturated heterocycles. The molecule has 1 aromatic rings. The Bertz CT molecular complexity index is 486. The van der Waals surface area contributed by atoms with Gasteiger partial charge in [0.15, 0.2) is 0 Å². The Hall–Kier alpha value is -1.78. The van der Waals surface area contributed by atoms with Crippen LogP contribution in [-0.2, 0) is 4.74 Å². The van der Waals surface area contributed by atoms with Crippen LogP contribution in [0.1, 0.15) is 43.5 Å². The van der Waals surface area contributed by atoms with Gasteiger partial charge < -0.3 is 15.8 Å². The fourth-order valence-corrected chi connectivity index (χ4v) is 2.64. The van der Waals surface area contributed by atoms with Crippen LogP contribution >= 0.6 is 0 Å². The molecule has 0 aromatic carbocycles. The van der Waals surface area contributed by atoms with Crippen molar-refractivity contribution in [3.8, 4) is 0 Å². The number of carbonyl (C=O) groups is 1. The minimum Gasteiger partial charge on any atom is -0.465 e. The van der Waals surface area contributed by atoms with Gasteiger partial charge in [0.1, 0.15) is 5.82 Å². The topological polar surface area (TPSA) is 77.2 Å². The number of rotatable bonds is 3. The Morgan fingerprint density at radius 3 is 2.89 bits per heavy atom. The summed E-state index contributed by atoms with van der Waals surface area (Å²) in [7, 11) is 1.34. The average Bonchev–Trinajstić information content (AvgIpc) is 2.70. The van der Waals surface area contributed by atoms with Crippen LogP contribution in [0.3, 0.4) is 0 Å². The summed E-state index contributed by atoms with van der Waals surface area (Å²) < 4.78 is 4.71. The highest BCUT2D eigenvalue weighted by molar-refractivity contribution is 5.97. The summed E-state index contributed by atoms with van der Waals surface area (Å²) in [5.74, 6) is 0.136. The van der Waals surface area contributed by atoms with E-state index in [4.69, 9.17) is 10.5 Å². The molecule has 0 bridgehead atoms. The van der Waals surface area contributed by atoms with Crippen molar-refractivity contribution in [3.63, 3.8) is 0 Å². The Morgan fingerprint density at radius 1 is 1.58 bits per heavy atom. The van der Waals surface area contributed by atoms with Gasteiger partial charge in [-0.1, -0.05) is 20.3 Å². The van der Waals surface area contributed by atoms with Crippen LogP contribution in [0.5, 0.6) is 0 Å². The van der Waals surface area contributed by atoms with Crippen LogP contribution in [0.25, 0.3) is 0 Å². The molecule has 0 aliphatic heterocycles. The number of methoxy groups -OCH3 is 1. The fraction of sp³-hybridized carbons (Fsp3) is 0.571. The molecule has 0 spiro atoms. The quantitative estimate of drug-likeness (QED) is 0.819. The van der Waals surface area contributed by atoms with Crippen LogP contribution < -0.4 is 11.1 Å². The molecule has 5 nitrogen and oxygen atoms in total. The highest BCUT2D eigenvalue weighted by Crippen LogP contribution is 2.39. The highest BCUT2D eigenvalue weighted by Gasteiger charge is 2.35. The lowest BCUT2D eigenvalue weighted by atomic mass is 9.87. The summed E-state index contributed by atoms with van der Waals surface area (Å²) in [5.41, 5.74) is 6.93. The molecule has 5 heteroatoms. The van der Waals surface area contributed by atoms with E-state index in [0.29, 0.717) is 23.1 Å². The van der Waals surface area contributed by atoms with Gasteiger partial charge in [-0.05, 0) is 24.3 Å². The third-order valence-electron chi connectivity index (χ3n) is 3.96. The average molecular weight is 263 g/mol. The first-order chi connectivity index (χ1) is 8.95. The largest absolute Gasteiger partial charge is 0.465 e. The Balaban J connectivity index is 2.24. The number of nitrogens with zero attached hydrogens (tertiary/aromatic N) is 1. The number of ether oxygens (including phenoxy) is 1. The van der Waals surface area contributed by atoms with Crippen LogP contribution in [0, 0.1) is 5.41 Å². The molecule has 104 valence electrons. The molecule has 2 rings (SSSR count). The molecule has 0 radical (unpaired) electrons. The maximum absolute atomic E-state index is 11.6. The van der Waals surface area contributed by atoms with Gasteiger partial charge in [-0.2, -0.15) is 0 Å². The molecular weight excluding hydrogens is 242 g/mol. The van der Waals surface area contributed by atoms with Crippen molar-refractivity contribution in [1.82, 2.24) is 4.98 Å². The van der Waals surface area contributed by atoms with Crippen molar-refractivity contribution in [1.29, 1.82) is 0 Å². The van der Waals surface area contributed by atoms with Crippen molar-refractivity contribution >= 4 is 17.5 Å². The maximum atomic E-state index is 11.6. The van der Waals surface area contributed by atoms with Crippen LogP contribution in [0.15, 0.2) is 12.3 Å². The monoisotopic (exact) mass is 263 g/mol. The van der Waals surface area contributed by atoms with Crippen LogP contribution in [0.4, 0.5) is 11.5 Å². The molecule has 1 heterocycles. The Morgan fingerprint density at radius 2 is 2.32 bits per heavy atom. The van der Waals surface area contributed by atoms with Crippen molar-refractivity contribution in [3.05, 3.63) is 17.8 Å². The van der Waals surface area contributed by atoms with E-state index in [9.17, 15) is 4.79 Å². The lowest BCUT2D eigenvalue weighted by Gasteiger charge is -2.28.